The summed E-state index contributed by atoms with van der Waals surface area (Å²) < 4.78 is 11.4. The van der Waals surface area contributed by atoms with Crippen LogP contribution in [-0.2, 0) is 15.6 Å². The lowest BCUT2D eigenvalue weighted by atomic mass is 10.0. The number of hydrogen-bond acceptors (Lipinski definition) is 3. The van der Waals surface area contributed by atoms with Gasteiger partial charge in [0.05, 0.1) is 12.7 Å². The van der Waals surface area contributed by atoms with Crippen LogP contribution < -0.4 is 5.32 Å². The number of hydrogen-bond donors (Lipinski definition) is 1. The first-order valence-corrected chi connectivity index (χ1v) is 7.96. The van der Waals surface area contributed by atoms with E-state index in [4.69, 9.17) is 0 Å². The second-order valence-corrected chi connectivity index (χ2v) is 7.10. The van der Waals surface area contributed by atoms with Crippen LogP contribution in [0.3, 0.4) is 0 Å². The van der Waals surface area contributed by atoms with Gasteiger partial charge in [0.15, 0.2) is 0 Å². The summed E-state index contributed by atoms with van der Waals surface area (Å²) in [6, 6.07) is 0.305. The molecule has 0 aromatic carbocycles. The smallest absolute Gasteiger partial charge is 0.238 e. The van der Waals surface area contributed by atoms with Crippen LogP contribution in [0.2, 0.25) is 0 Å². The van der Waals surface area contributed by atoms with Crippen LogP contribution in [0.4, 0.5) is 0 Å². The van der Waals surface area contributed by atoms with Crippen molar-refractivity contribution in [3.63, 3.8) is 0 Å². The molecule has 0 aromatic rings. The molecule has 0 aliphatic carbocycles. The van der Waals surface area contributed by atoms with Crippen LogP contribution in [0.1, 0.15) is 33.1 Å². The molecule has 1 amide bonds. The fourth-order valence-corrected chi connectivity index (χ4v) is 4.00. The maximum absolute atomic E-state index is 11.9. The van der Waals surface area contributed by atoms with E-state index in [1.165, 1.54) is 0 Å². The lowest BCUT2D eigenvalue weighted by molar-refractivity contribution is -0.130. The Morgan fingerprint density at radius 2 is 2.06 bits per heavy atom. The molecule has 0 saturated carbocycles. The van der Waals surface area contributed by atoms with Gasteiger partial charge < -0.3 is 4.90 Å². The standard InChI is InChI=1S/C12H22N2O2S/c1-9(2)7-11-13-8-12(15)14(11)10-3-5-17(16)6-4-10/h9-11,13H,3-8H2,1-2H3. The summed E-state index contributed by atoms with van der Waals surface area (Å²) in [6.45, 7) is 4.83. The van der Waals surface area contributed by atoms with E-state index >= 15 is 0 Å². The first-order chi connectivity index (χ1) is 8.08. The van der Waals surface area contributed by atoms with E-state index in [2.05, 4.69) is 19.2 Å². The van der Waals surface area contributed by atoms with Gasteiger partial charge >= 0.3 is 0 Å². The summed E-state index contributed by atoms with van der Waals surface area (Å²) in [5, 5.41) is 3.30. The minimum atomic E-state index is -0.653. The number of carbonyl (C=O) groups excluding carboxylic acids is 1. The second-order valence-electron chi connectivity index (χ2n) is 5.41. The van der Waals surface area contributed by atoms with Gasteiger partial charge in [-0.05, 0) is 25.2 Å². The highest BCUT2D eigenvalue weighted by atomic mass is 32.2. The molecule has 2 saturated heterocycles. The highest BCUT2D eigenvalue weighted by Crippen LogP contribution is 2.23. The maximum atomic E-state index is 11.9. The zero-order valence-electron chi connectivity index (χ0n) is 10.6. The van der Waals surface area contributed by atoms with Crippen molar-refractivity contribution in [3.8, 4) is 0 Å². The van der Waals surface area contributed by atoms with E-state index in [0.29, 0.717) is 18.5 Å². The molecular weight excluding hydrogens is 236 g/mol. The Bertz CT molecular complexity index is 310. The summed E-state index contributed by atoms with van der Waals surface area (Å²) in [5.41, 5.74) is 0. The SMILES string of the molecule is CC(C)CC1NCC(=O)N1C1CCS(=O)CC1. The second kappa shape index (κ2) is 5.48. The molecular formula is C12H22N2O2S. The van der Waals surface area contributed by atoms with Gasteiger partial charge in [-0.15, -0.1) is 0 Å². The summed E-state index contributed by atoms with van der Waals surface area (Å²) in [5.74, 6) is 2.30. The Labute approximate surface area is 106 Å². The molecule has 0 radical (unpaired) electrons. The third-order valence-corrected chi connectivity index (χ3v) is 4.94. The highest BCUT2D eigenvalue weighted by Gasteiger charge is 2.37. The van der Waals surface area contributed by atoms with E-state index in [1.54, 1.807) is 0 Å². The normalized spacial score (nSPS) is 34.6. The Kier molecular flexibility index (Phi) is 4.20. The highest BCUT2D eigenvalue weighted by molar-refractivity contribution is 7.85. The maximum Gasteiger partial charge on any atom is 0.238 e. The number of rotatable bonds is 3. The zero-order valence-corrected chi connectivity index (χ0v) is 11.5. The molecule has 2 aliphatic heterocycles. The van der Waals surface area contributed by atoms with Crippen LogP contribution in [0, 0.1) is 5.92 Å². The van der Waals surface area contributed by atoms with Crippen LogP contribution in [0.15, 0.2) is 0 Å². The third-order valence-electron chi connectivity index (χ3n) is 3.56. The quantitative estimate of drug-likeness (QED) is 0.811. The fourth-order valence-electron chi connectivity index (χ4n) is 2.73. The van der Waals surface area contributed by atoms with Crippen molar-refractivity contribution in [3.05, 3.63) is 0 Å². The van der Waals surface area contributed by atoms with Crippen molar-refractivity contribution in [1.29, 1.82) is 0 Å². The molecule has 1 atom stereocenters. The summed E-state index contributed by atoms with van der Waals surface area (Å²) >= 11 is 0. The van der Waals surface area contributed by atoms with Crippen molar-refractivity contribution < 1.29 is 9.00 Å². The molecule has 4 nitrogen and oxygen atoms in total. The van der Waals surface area contributed by atoms with Crippen molar-refractivity contribution in [2.45, 2.75) is 45.3 Å². The first-order valence-electron chi connectivity index (χ1n) is 6.47. The van der Waals surface area contributed by atoms with Crippen molar-refractivity contribution >= 4 is 16.7 Å². The van der Waals surface area contributed by atoms with Gasteiger partial charge in [0.25, 0.3) is 0 Å². The van der Waals surface area contributed by atoms with E-state index in [-0.39, 0.29) is 12.1 Å². The molecule has 2 rings (SSSR count). The minimum absolute atomic E-state index is 0.194. The number of carbonyl (C=O) groups is 1. The molecule has 2 fully saturated rings. The lowest BCUT2D eigenvalue weighted by Gasteiger charge is -2.35. The molecule has 17 heavy (non-hydrogen) atoms. The van der Waals surface area contributed by atoms with Gasteiger partial charge in [-0.3, -0.25) is 14.3 Å². The van der Waals surface area contributed by atoms with Gasteiger partial charge in [-0.1, -0.05) is 13.8 Å². The molecule has 1 N–H and O–H groups in total. The van der Waals surface area contributed by atoms with Gasteiger partial charge in [0, 0.05) is 28.3 Å². The zero-order chi connectivity index (χ0) is 12.4. The molecule has 0 spiro atoms. The number of amides is 1. The Morgan fingerprint density at radius 1 is 1.41 bits per heavy atom. The van der Waals surface area contributed by atoms with Crippen LogP contribution >= 0.6 is 0 Å². The lowest BCUT2D eigenvalue weighted by Crippen LogP contribution is -2.47. The molecule has 2 heterocycles. The predicted molar refractivity (Wildman–Crippen MR) is 69.0 cm³/mol. The van der Waals surface area contributed by atoms with E-state index < -0.39 is 10.8 Å². The predicted octanol–water partition coefficient (Wildman–Crippen LogP) is 0.701. The summed E-state index contributed by atoms with van der Waals surface area (Å²) in [6.07, 6.45) is 2.99. The van der Waals surface area contributed by atoms with Gasteiger partial charge in [0.1, 0.15) is 0 Å². The molecule has 2 aliphatic rings. The molecule has 0 aromatic heterocycles. The number of nitrogens with zero attached hydrogens (tertiary/aromatic N) is 1. The first kappa shape index (κ1) is 13.0. The molecule has 98 valence electrons. The monoisotopic (exact) mass is 258 g/mol. The third kappa shape index (κ3) is 3.07. The van der Waals surface area contributed by atoms with Crippen LogP contribution in [0.25, 0.3) is 0 Å². The average molecular weight is 258 g/mol. The van der Waals surface area contributed by atoms with E-state index in [9.17, 15) is 9.00 Å². The fraction of sp³-hybridized carbons (Fsp3) is 0.917. The van der Waals surface area contributed by atoms with Crippen LogP contribution in [0.5, 0.6) is 0 Å². The summed E-state index contributed by atoms with van der Waals surface area (Å²) in [4.78, 5) is 14.0. The van der Waals surface area contributed by atoms with Crippen molar-refractivity contribution in [2.24, 2.45) is 5.92 Å². The molecule has 5 heteroatoms. The van der Waals surface area contributed by atoms with E-state index in [1.807, 2.05) is 4.90 Å². The Balaban J connectivity index is 2.00. The minimum Gasteiger partial charge on any atom is -0.323 e. The Morgan fingerprint density at radius 3 is 2.65 bits per heavy atom. The van der Waals surface area contributed by atoms with Crippen molar-refractivity contribution in [1.82, 2.24) is 10.2 Å². The largest absolute Gasteiger partial charge is 0.323 e. The van der Waals surface area contributed by atoms with Gasteiger partial charge in [-0.2, -0.15) is 0 Å². The topological polar surface area (TPSA) is 49.4 Å². The van der Waals surface area contributed by atoms with Gasteiger partial charge in [0.2, 0.25) is 5.91 Å². The number of nitrogens with one attached hydrogen (secondary N) is 1. The van der Waals surface area contributed by atoms with Crippen molar-refractivity contribution in [2.75, 3.05) is 18.1 Å². The molecule has 0 bridgehead atoms. The Hall–Kier alpha value is -0.420. The molecule has 1 unspecified atom stereocenters. The average Bonchev–Trinajstić information content (AvgIpc) is 2.61. The summed E-state index contributed by atoms with van der Waals surface area (Å²) in [7, 11) is -0.653. The van der Waals surface area contributed by atoms with Crippen LogP contribution in [-0.4, -0.2) is 45.3 Å². The van der Waals surface area contributed by atoms with E-state index in [0.717, 1.165) is 30.8 Å². The van der Waals surface area contributed by atoms with Gasteiger partial charge in [-0.25, -0.2) is 0 Å².